The highest BCUT2D eigenvalue weighted by atomic mass is 19.4. The fourth-order valence-electron chi connectivity index (χ4n) is 4.19. The van der Waals surface area contributed by atoms with Crippen molar-refractivity contribution < 1.29 is 18.3 Å². The van der Waals surface area contributed by atoms with E-state index in [2.05, 4.69) is 9.97 Å². The molecule has 1 fully saturated rings. The third-order valence-electron chi connectivity index (χ3n) is 5.45. The van der Waals surface area contributed by atoms with Gasteiger partial charge < -0.3 is 10.0 Å². The second kappa shape index (κ2) is 6.78. The van der Waals surface area contributed by atoms with Crippen LogP contribution in [0.15, 0.2) is 24.3 Å². The third-order valence-corrected chi connectivity index (χ3v) is 5.45. The predicted molar refractivity (Wildman–Crippen MR) is 95.6 cm³/mol. The number of β-amino-alcohol motifs (C(OH)–C–C–N with tert-alkyl or cyclic N) is 1. The number of fused-ring (bicyclic) bond motifs is 1. The number of aromatic nitrogens is 2. The van der Waals surface area contributed by atoms with Gasteiger partial charge in [-0.3, -0.25) is 0 Å². The van der Waals surface area contributed by atoms with Gasteiger partial charge in [0.25, 0.3) is 0 Å². The Morgan fingerprint density at radius 3 is 2.48 bits per heavy atom. The molecule has 0 spiro atoms. The summed E-state index contributed by atoms with van der Waals surface area (Å²) in [6.45, 7) is 2.28. The van der Waals surface area contributed by atoms with Crippen LogP contribution in [-0.4, -0.2) is 27.7 Å². The summed E-state index contributed by atoms with van der Waals surface area (Å²) in [6, 6.07) is 5.05. The number of benzene rings is 1. The van der Waals surface area contributed by atoms with Crippen molar-refractivity contribution in [2.45, 2.75) is 57.3 Å². The van der Waals surface area contributed by atoms with E-state index in [1.54, 1.807) is 0 Å². The minimum atomic E-state index is -4.35. The average Bonchev–Trinajstić information content (AvgIpc) is 3.02. The van der Waals surface area contributed by atoms with Crippen molar-refractivity contribution in [3.8, 4) is 0 Å². The van der Waals surface area contributed by atoms with Crippen molar-refractivity contribution in [3.63, 3.8) is 0 Å². The summed E-state index contributed by atoms with van der Waals surface area (Å²) in [5, 5.41) is 10.3. The van der Waals surface area contributed by atoms with Gasteiger partial charge >= 0.3 is 6.18 Å². The van der Waals surface area contributed by atoms with Crippen molar-refractivity contribution in [1.82, 2.24) is 9.97 Å². The van der Waals surface area contributed by atoms with Crippen LogP contribution in [-0.2, 0) is 19.0 Å². The maximum atomic E-state index is 12.9. The topological polar surface area (TPSA) is 49.2 Å². The van der Waals surface area contributed by atoms with Crippen LogP contribution >= 0.6 is 0 Å². The number of halogens is 3. The number of aryl methyl sites for hydroxylation is 2. The summed E-state index contributed by atoms with van der Waals surface area (Å²) in [4.78, 5) is 11.3. The van der Waals surface area contributed by atoms with Crippen LogP contribution in [0.25, 0.3) is 0 Å². The molecule has 0 amide bonds. The molecule has 1 aliphatic heterocycles. The zero-order valence-corrected chi connectivity index (χ0v) is 15.1. The Hall–Kier alpha value is -2.15. The zero-order valence-electron chi connectivity index (χ0n) is 15.1. The van der Waals surface area contributed by atoms with E-state index >= 15 is 0 Å². The molecule has 1 aromatic carbocycles. The summed E-state index contributed by atoms with van der Waals surface area (Å²) >= 11 is 0. The SMILES string of the molecule is Cc1nc2c(c(N3CC(O)CC3c3ccc(C(F)(F)F)cc3)n1)CCCC2. The van der Waals surface area contributed by atoms with Crippen molar-refractivity contribution >= 4 is 5.82 Å². The maximum Gasteiger partial charge on any atom is 0.416 e. The molecule has 1 N–H and O–H groups in total. The Kier molecular flexibility index (Phi) is 4.58. The molecule has 1 aliphatic carbocycles. The van der Waals surface area contributed by atoms with Gasteiger partial charge in [-0.2, -0.15) is 13.2 Å². The number of rotatable bonds is 2. The van der Waals surface area contributed by atoms with E-state index in [9.17, 15) is 18.3 Å². The average molecular weight is 377 g/mol. The molecule has 27 heavy (non-hydrogen) atoms. The molecule has 0 radical (unpaired) electrons. The quantitative estimate of drug-likeness (QED) is 0.860. The van der Waals surface area contributed by atoms with E-state index in [0.717, 1.165) is 60.5 Å². The fourth-order valence-corrected chi connectivity index (χ4v) is 4.19. The first-order valence-electron chi connectivity index (χ1n) is 9.31. The lowest BCUT2D eigenvalue weighted by Crippen LogP contribution is -2.28. The summed E-state index contributed by atoms with van der Waals surface area (Å²) in [7, 11) is 0. The van der Waals surface area contributed by atoms with Gasteiger partial charge in [-0.15, -0.1) is 0 Å². The highest BCUT2D eigenvalue weighted by Crippen LogP contribution is 2.40. The molecule has 2 aliphatic rings. The van der Waals surface area contributed by atoms with Gasteiger partial charge in [0, 0.05) is 17.8 Å². The number of nitrogens with zero attached hydrogens (tertiary/aromatic N) is 3. The molecule has 0 saturated carbocycles. The Balaban J connectivity index is 1.71. The minimum Gasteiger partial charge on any atom is -0.391 e. The van der Waals surface area contributed by atoms with Gasteiger partial charge in [-0.1, -0.05) is 12.1 Å². The Bertz CT molecular complexity index is 836. The summed E-state index contributed by atoms with van der Waals surface area (Å²) < 4.78 is 38.6. The van der Waals surface area contributed by atoms with Gasteiger partial charge in [0.2, 0.25) is 0 Å². The lowest BCUT2D eigenvalue weighted by molar-refractivity contribution is -0.137. The molecule has 7 heteroatoms. The maximum absolute atomic E-state index is 12.9. The molecule has 2 atom stereocenters. The molecule has 0 bridgehead atoms. The Labute approximate surface area is 156 Å². The standard InChI is InChI=1S/C20H22F3N3O/c1-12-24-17-5-3-2-4-16(17)19(25-12)26-11-15(27)10-18(26)13-6-8-14(9-7-13)20(21,22)23/h6-9,15,18,27H,2-5,10-11H2,1H3. The summed E-state index contributed by atoms with van der Waals surface area (Å²) in [6.07, 6.45) is -0.405. The van der Waals surface area contributed by atoms with Gasteiger partial charge in [0.15, 0.2) is 0 Å². The zero-order chi connectivity index (χ0) is 19.2. The predicted octanol–water partition coefficient (Wildman–Crippen LogP) is 3.99. The van der Waals surface area contributed by atoms with Crippen LogP contribution in [0, 0.1) is 6.92 Å². The van der Waals surface area contributed by atoms with Crippen molar-refractivity contribution in [2.75, 3.05) is 11.4 Å². The number of hydrogen-bond acceptors (Lipinski definition) is 4. The molecule has 1 saturated heterocycles. The number of aliphatic hydroxyl groups excluding tert-OH is 1. The van der Waals surface area contributed by atoms with Crippen LogP contribution in [0.3, 0.4) is 0 Å². The molecular formula is C20H22F3N3O. The van der Waals surface area contributed by atoms with Crippen molar-refractivity contribution in [3.05, 3.63) is 52.5 Å². The normalized spacial score (nSPS) is 22.8. The molecule has 4 rings (SSSR count). The molecular weight excluding hydrogens is 355 g/mol. The first-order chi connectivity index (χ1) is 12.8. The first-order valence-corrected chi connectivity index (χ1v) is 9.31. The monoisotopic (exact) mass is 377 g/mol. The van der Waals surface area contributed by atoms with Crippen LogP contribution in [0.2, 0.25) is 0 Å². The van der Waals surface area contributed by atoms with E-state index in [1.165, 1.54) is 12.1 Å². The van der Waals surface area contributed by atoms with Gasteiger partial charge in [0.1, 0.15) is 11.6 Å². The molecule has 2 aromatic rings. The van der Waals surface area contributed by atoms with Crippen LogP contribution < -0.4 is 4.90 Å². The van der Waals surface area contributed by atoms with E-state index in [0.29, 0.717) is 18.8 Å². The van der Waals surface area contributed by atoms with E-state index < -0.39 is 17.8 Å². The Morgan fingerprint density at radius 2 is 1.78 bits per heavy atom. The molecule has 144 valence electrons. The second-order valence-corrected chi connectivity index (χ2v) is 7.40. The lowest BCUT2D eigenvalue weighted by atomic mass is 9.95. The fraction of sp³-hybridized carbons (Fsp3) is 0.500. The van der Waals surface area contributed by atoms with Crippen LogP contribution in [0.5, 0.6) is 0 Å². The van der Waals surface area contributed by atoms with E-state index in [4.69, 9.17) is 0 Å². The van der Waals surface area contributed by atoms with Crippen LogP contribution in [0.4, 0.5) is 19.0 Å². The highest BCUT2D eigenvalue weighted by Gasteiger charge is 2.36. The minimum absolute atomic E-state index is 0.192. The summed E-state index contributed by atoms with van der Waals surface area (Å²) in [5.74, 6) is 1.52. The first kappa shape index (κ1) is 18.2. The molecule has 2 heterocycles. The molecule has 1 aromatic heterocycles. The van der Waals surface area contributed by atoms with E-state index in [-0.39, 0.29) is 6.04 Å². The second-order valence-electron chi connectivity index (χ2n) is 7.40. The van der Waals surface area contributed by atoms with E-state index in [1.807, 2.05) is 11.8 Å². The van der Waals surface area contributed by atoms with Gasteiger partial charge in [-0.05, 0) is 56.7 Å². The van der Waals surface area contributed by atoms with Crippen molar-refractivity contribution in [2.24, 2.45) is 0 Å². The molecule has 4 nitrogen and oxygen atoms in total. The highest BCUT2D eigenvalue weighted by molar-refractivity contribution is 5.54. The largest absolute Gasteiger partial charge is 0.416 e. The third kappa shape index (κ3) is 3.52. The number of hydrogen-bond donors (Lipinski definition) is 1. The van der Waals surface area contributed by atoms with Crippen molar-refractivity contribution in [1.29, 1.82) is 0 Å². The van der Waals surface area contributed by atoms with Gasteiger partial charge in [0.05, 0.1) is 17.7 Å². The lowest BCUT2D eigenvalue weighted by Gasteiger charge is -2.30. The number of aliphatic hydroxyl groups is 1. The Morgan fingerprint density at radius 1 is 1.07 bits per heavy atom. The number of alkyl halides is 3. The smallest absolute Gasteiger partial charge is 0.391 e. The molecule has 2 unspecified atom stereocenters. The summed E-state index contributed by atoms with van der Waals surface area (Å²) in [5.41, 5.74) is 2.29. The van der Waals surface area contributed by atoms with Crippen LogP contribution in [0.1, 0.15) is 53.5 Å². The number of anilines is 1. The van der Waals surface area contributed by atoms with Gasteiger partial charge in [-0.25, -0.2) is 9.97 Å².